The molecule has 21 heavy (non-hydrogen) atoms. The Bertz CT molecular complexity index is 438. The SMILES string of the molecule is CCCNC(C)(CCCSCc1ccc(Cl)cc1)C(N)=O. The number of amides is 1. The third kappa shape index (κ3) is 6.72. The smallest absolute Gasteiger partial charge is 0.237 e. The van der Waals surface area contributed by atoms with Gasteiger partial charge < -0.3 is 11.1 Å². The molecule has 0 saturated carbocycles. The molecule has 0 radical (unpaired) electrons. The van der Waals surface area contributed by atoms with Gasteiger partial charge in [0.15, 0.2) is 0 Å². The Morgan fingerprint density at radius 1 is 1.38 bits per heavy atom. The lowest BCUT2D eigenvalue weighted by Gasteiger charge is -2.27. The Balaban J connectivity index is 2.28. The minimum Gasteiger partial charge on any atom is -0.368 e. The summed E-state index contributed by atoms with van der Waals surface area (Å²) in [5.74, 6) is 1.71. The van der Waals surface area contributed by atoms with Crippen LogP contribution >= 0.6 is 23.4 Å². The van der Waals surface area contributed by atoms with E-state index in [2.05, 4.69) is 12.2 Å². The lowest BCUT2D eigenvalue weighted by Crippen LogP contribution is -2.53. The van der Waals surface area contributed by atoms with Gasteiger partial charge >= 0.3 is 0 Å². The van der Waals surface area contributed by atoms with Gasteiger partial charge in [-0.3, -0.25) is 4.79 Å². The molecule has 1 unspecified atom stereocenters. The monoisotopic (exact) mass is 328 g/mol. The molecule has 118 valence electrons. The van der Waals surface area contributed by atoms with Crippen molar-refractivity contribution in [1.29, 1.82) is 0 Å². The molecule has 1 rings (SSSR count). The fraction of sp³-hybridized carbons (Fsp3) is 0.562. The normalized spacial score (nSPS) is 13.9. The fourth-order valence-corrected chi connectivity index (χ4v) is 3.04. The van der Waals surface area contributed by atoms with Crippen LogP contribution in [0.5, 0.6) is 0 Å². The van der Waals surface area contributed by atoms with Crippen LogP contribution in [0.4, 0.5) is 0 Å². The number of carbonyl (C=O) groups excluding carboxylic acids is 1. The second-order valence-electron chi connectivity index (χ2n) is 5.41. The van der Waals surface area contributed by atoms with E-state index in [1.807, 2.05) is 43.0 Å². The Labute approximate surface area is 137 Å². The molecule has 0 spiro atoms. The van der Waals surface area contributed by atoms with Crippen molar-refractivity contribution in [2.24, 2.45) is 5.73 Å². The molecule has 0 saturated heterocycles. The van der Waals surface area contributed by atoms with Crippen LogP contribution in [0.3, 0.4) is 0 Å². The van der Waals surface area contributed by atoms with Gasteiger partial charge in [0.2, 0.25) is 5.91 Å². The number of nitrogens with two attached hydrogens (primary N) is 1. The van der Waals surface area contributed by atoms with Crippen molar-refractivity contribution in [2.75, 3.05) is 12.3 Å². The highest BCUT2D eigenvalue weighted by molar-refractivity contribution is 7.98. The maximum Gasteiger partial charge on any atom is 0.237 e. The predicted octanol–water partition coefficient (Wildman–Crippen LogP) is 3.60. The van der Waals surface area contributed by atoms with Gasteiger partial charge in [0.1, 0.15) is 0 Å². The van der Waals surface area contributed by atoms with Crippen LogP contribution in [0.2, 0.25) is 5.02 Å². The second-order valence-corrected chi connectivity index (χ2v) is 6.95. The molecule has 1 amide bonds. The number of primary amides is 1. The van der Waals surface area contributed by atoms with E-state index in [9.17, 15) is 4.79 Å². The van der Waals surface area contributed by atoms with Gasteiger partial charge in [-0.05, 0) is 56.2 Å². The maximum atomic E-state index is 11.6. The number of halogens is 1. The molecule has 1 aromatic rings. The molecule has 3 nitrogen and oxygen atoms in total. The van der Waals surface area contributed by atoms with E-state index in [1.165, 1.54) is 5.56 Å². The summed E-state index contributed by atoms with van der Waals surface area (Å²) >= 11 is 7.72. The summed E-state index contributed by atoms with van der Waals surface area (Å²) in [5.41, 5.74) is 6.19. The molecule has 1 aromatic carbocycles. The van der Waals surface area contributed by atoms with Gasteiger partial charge in [0.25, 0.3) is 0 Å². The average molecular weight is 329 g/mol. The summed E-state index contributed by atoms with van der Waals surface area (Å²) in [5, 5.41) is 4.03. The molecular weight excluding hydrogens is 304 g/mol. The molecule has 0 aromatic heterocycles. The third-order valence-corrected chi connectivity index (χ3v) is 4.82. The first kappa shape index (κ1) is 18.3. The van der Waals surface area contributed by atoms with E-state index in [-0.39, 0.29) is 5.91 Å². The lowest BCUT2D eigenvalue weighted by atomic mass is 9.95. The molecule has 0 aliphatic heterocycles. The van der Waals surface area contributed by atoms with Crippen molar-refractivity contribution in [2.45, 2.75) is 44.4 Å². The van der Waals surface area contributed by atoms with Crippen molar-refractivity contribution in [3.05, 3.63) is 34.9 Å². The third-order valence-electron chi connectivity index (χ3n) is 3.46. The van der Waals surface area contributed by atoms with Gasteiger partial charge in [-0.1, -0.05) is 30.7 Å². The topological polar surface area (TPSA) is 55.1 Å². The molecule has 0 aliphatic carbocycles. The summed E-state index contributed by atoms with van der Waals surface area (Å²) in [7, 11) is 0. The maximum absolute atomic E-state index is 11.6. The highest BCUT2D eigenvalue weighted by Crippen LogP contribution is 2.19. The number of benzene rings is 1. The second kappa shape index (κ2) is 9.34. The van der Waals surface area contributed by atoms with Crippen molar-refractivity contribution in [3.8, 4) is 0 Å². The van der Waals surface area contributed by atoms with Gasteiger partial charge in [-0.25, -0.2) is 0 Å². The van der Waals surface area contributed by atoms with E-state index >= 15 is 0 Å². The predicted molar refractivity (Wildman–Crippen MR) is 92.7 cm³/mol. The van der Waals surface area contributed by atoms with Crippen molar-refractivity contribution in [3.63, 3.8) is 0 Å². The van der Waals surface area contributed by atoms with Crippen molar-refractivity contribution in [1.82, 2.24) is 5.32 Å². The van der Waals surface area contributed by atoms with Crippen LogP contribution in [0.1, 0.15) is 38.7 Å². The van der Waals surface area contributed by atoms with Crippen molar-refractivity contribution >= 4 is 29.3 Å². The summed E-state index contributed by atoms with van der Waals surface area (Å²) in [4.78, 5) is 11.6. The number of nitrogens with one attached hydrogen (secondary N) is 1. The van der Waals surface area contributed by atoms with E-state index in [0.717, 1.165) is 42.3 Å². The molecule has 5 heteroatoms. The number of rotatable bonds is 10. The molecule has 1 atom stereocenters. The molecule has 0 aliphatic rings. The van der Waals surface area contributed by atoms with E-state index < -0.39 is 5.54 Å². The Morgan fingerprint density at radius 3 is 2.62 bits per heavy atom. The minimum atomic E-state index is -0.586. The molecule has 0 bridgehead atoms. The molecule has 0 fully saturated rings. The average Bonchev–Trinajstić information content (AvgIpc) is 2.46. The van der Waals surface area contributed by atoms with Gasteiger partial charge in [0, 0.05) is 10.8 Å². The van der Waals surface area contributed by atoms with Gasteiger partial charge in [-0.15, -0.1) is 0 Å². The fourth-order valence-electron chi connectivity index (χ4n) is 2.00. The first-order valence-corrected chi connectivity index (χ1v) is 8.88. The Hall–Kier alpha value is -0.710. The van der Waals surface area contributed by atoms with Crippen LogP contribution in [0.25, 0.3) is 0 Å². The van der Waals surface area contributed by atoms with Crippen LogP contribution in [0.15, 0.2) is 24.3 Å². The Morgan fingerprint density at radius 2 is 2.05 bits per heavy atom. The first-order valence-electron chi connectivity index (χ1n) is 7.35. The van der Waals surface area contributed by atoms with Gasteiger partial charge in [-0.2, -0.15) is 11.8 Å². The van der Waals surface area contributed by atoms with E-state index in [0.29, 0.717) is 0 Å². The van der Waals surface area contributed by atoms with Crippen LogP contribution in [-0.2, 0) is 10.5 Å². The number of thioether (sulfide) groups is 1. The molecule has 0 heterocycles. The minimum absolute atomic E-state index is 0.265. The quantitative estimate of drug-likeness (QED) is 0.645. The zero-order valence-electron chi connectivity index (χ0n) is 12.8. The van der Waals surface area contributed by atoms with Crippen LogP contribution in [0, 0.1) is 0 Å². The summed E-state index contributed by atoms with van der Waals surface area (Å²) in [6.07, 6.45) is 2.73. The number of hydrogen-bond acceptors (Lipinski definition) is 3. The van der Waals surface area contributed by atoms with Crippen molar-refractivity contribution < 1.29 is 4.79 Å². The largest absolute Gasteiger partial charge is 0.368 e. The van der Waals surface area contributed by atoms with E-state index in [4.69, 9.17) is 17.3 Å². The molecular formula is C16H25ClN2OS. The zero-order valence-corrected chi connectivity index (χ0v) is 14.4. The van der Waals surface area contributed by atoms with Crippen LogP contribution in [-0.4, -0.2) is 23.7 Å². The number of hydrogen-bond donors (Lipinski definition) is 2. The number of carbonyl (C=O) groups is 1. The highest BCUT2D eigenvalue weighted by atomic mass is 35.5. The standard InChI is InChI=1S/C16H25ClN2OS/c1-3-10-19-16(2,15(18)20)9-4-11-21-12-13-5-7-14(17)8-6-13/h5-8,19H,3-4,9-12H2,1-2H3,(H2,18,20). The summed E-state index contributed by atoms with van der Waals surface area (Å²) < 4.78 is 0. The highest BCUT2D eigenvalue weighted by Gasteiger charge is 2.29. The first-order chi connectivity index (χ1) is 9.98. The summed E-state index contributed by atoms with van der Waals surface area (Å²) in [6.45, 7) is 4.79. The zero-order chi connectivity index (χ0) is 15.7. The lowest BCUT2D eigenvalue weighted by molar-refractivity contribution is -0.124. The molecule has 3 N–H and O–H groups in total. The van der Waals surface area contributed by atoms with E-state index in [1.54, 1.807) is 0 Å². The van der Waals surface area contributed by atoms with Gasteiger partial charge in [0.05, 0.1) is 5.54 Å². The van der Waals surface area contributed by atoms with Crippen LogP contribution < -0.4 is 11.1 Å². The Kier molecular flexibility index (Phi) is 8.15. The summed E-state index contributed by atoms with van der Waals surface area (Å²) in [6, 6.07) is 7.92.